The van der Waals surface area contributed by atoms with E-state index < -0.39 is 18.4 Å². The number of esters is 1. The Morgan fingerprint density at radius 1 is 1.26 bits per heavy atom. The van der Waals surface area contributed by atoms with Crippen LogP contribution in [0.3, 0.4) is 0 Å². The largest absolute Gasteiger partial charge is 0.469 e. The van der Waals surface area contributed by atoms with Crippen LogP contribution in [0.1, 0.15) is 78.1 Å². The highest BCUT2D eigenvalue weighted by Gasteiger charge is 2.40. The Morgan fingerprint density at radius 3 is 2.63 bits per heavy atom. The first-order valence-electron chi connectivity index (χ1n) is 10.7. The molecule has 0 spiro atoms. The lowest BCUT2D eigenvalue weighted by molar-refractivity contribution is -0.140. The molecule has 1 fully saturated rings. The molecule has 1 unspecified atom stereocenters. The number of aliphatic hydroxyl groups is 2. The predicted octanol–water partition coefficient (Wildman–Crippen LogP) is 4.58. The van der Waals surface area contributed by atoms with Crippen molar-refractivity contribution in [2.24, 2.45) is 17.8 Å². The lowest BCUT2D eigenvalue weighted by Crippen LogP contribution is -2.21. The van der Waals surface area contributed by atoms with Gasteiger partial charge in [0, 0.05) is 18.8 Å². The number of halogens is 1. The number of carbonyl (C=O) groups excluding carboxylic acids is 1. The maximum atomic E-state index is 14.3. The van der Waals surface area contributed by atoms with Crippen LogP contribution >= 0.6 is 0 Å². The van der Waals surface area contributed by atoms with E-state index in [4.69, 9.17) is 0 Å². The Bertz CT molecular complexity index is 440. The summed E-state index contributed by atoms with van der Waals surface area (Å²) in [5, 5.41) is 20.5. The highest BCUT2D eigenvalue weighted by Crippen LogP contribution is 2.39. The summed E-state index contributed by atoms with van der Waals surface area (Å²) in [6, 6.07) is 0. The van der Waals surface area contributed by atoms with Gasteiger partial charge in [-0.05, 0) is 31.1 Å². The van der Waals surface area contributed by atoms with Gasteiger partial charge in [0.1, 0.15) is 6.17 Å². The molecule has 0 aromatic heterocycles. The standard InChI is InChI=1S/C22H39FO4/c1-4-5-10-16(2)20(24)14-13-18-17(19(23)15-21(18)25)11-8-6-7-9-12-22(26)27-3/h13-14,16-21,24-25H,4-12,15H2,1-3H3/b14-13+/t16?,17-,18-,19-,20+,21-/m1/s1. The minimum atomic E-state index is -0.987. The molecule has 1 rings (SSSR count). The summed E-state index contributed by atoms with van der Waals surface area (Å²) in [5.41, 5.74) is 0. The molecule has 0 aliphatic heterocycles. The molecule has 0 amide bonds. The number of hydrogen-bond acceptors (Lipinski definition) is 4. The smallest absolute Gasteiger partial charge is 0.305 e. The van der Waals surface area contributed by atoms with Crippen LogP contribution in [0, 0.1) is 17.8 Å². The highest BCUT2D eigenvalue weighted by molar-refractivity contribution is 5.68. The summed E-state index contributed by atoms with van der Waals surface area (Å²) in [6.45, 7) is 4.16. The van der Waals surface area contributed by atoms with Crippen LogP contribution in [0.15, 0.2) is 12.2 Å². The van der Waals surface area contributed by atoms with Crippen LogP contribution < -0.4 is 0 Å². The molecule has 0 aromatic carbocycles. The summed E-state index contributed by atoms with van der Waals surface area (Å²) in [6.07, 6.45) is 9.48. The quantitative estimate of drug-likeness (QED) is 0.276. The van der Waals surface area contributed by atoms with Crippen molar-refractivity contribution in [1.82, 2.24) is 0 Å². The Hall–Kier alpha value is -0.940. The number of unbranched alkanes of at least 4 members (excludes halogenated alkanes) is 4. The third-order valence-corrected chi connectivity index (χ3v) is 5.89. The molecule has 2 N–H and O–H groups in total. The molecule has 1 saturated carbocycles. The molecule has 158 valence electrons. The van der Waals surface area contributed by atoms with Gasteiger partial charge in [-0.2, -0.15) is 0 Å². The molecule has 27 heavy (non-hydrogen) atoms. The zero-order chi connectivity index (χ0) is 20.2. The molecule has 1 aliphatic carbocycles. The molecule has 0 aromatic rings. The number of rotatable bonds is 13. The topological polar surface area (TPSA) is 66.8 Å². The molecule has 1 aliphatic rings. The third kappa shape index (κ3) is 8.73. The van der Waals surface area contributed by atoms with Crippen molar-refractivity contribution in [3.05, 3.63) is 12.2 Å². The first-order valence-corrected chi connectivity index (χ1v) is 10.7. The van der Waals surface area contributed by atoms with Gasteiger partial charge < -0.3 is 14.9 Å². The zero-order valence-electron chi connectivity index (χ0n) is 17.3. The van der Waals surface area contributed by atoms with Crippen LogP contribution in [0.4, 0.5) is 4.39 Å². The van der Waals surface area contributed by atoms with E-state index in [0.717, 1.165) is 51.4 Å². The van der Waals surface area contributed by atoms with Crippen molar-refractivity contribution in [3.63, 3.8) is 0 Å². The number of carbonyl (C=O) groups is 1. The normalized spacial score (nSPS) is 27.8. The number of alkyl halides is 1. The van der Waals surface area contributed by atoms with Crippen molar-refractivity contribution < 1.29 is 24.1 Å². The van der Waals surface area contributed by atoms with Crippen molar-refractivity contribution >= 4 is 5.97 Å². The van der Waals surface area contributed by atoms with Crippen molar-refractivity contribution in [1.29, 1.82) is 0 Å². The van der Waals surface area contributed by atoms with Gasteiger partial charge in [-0.1, -0.05) is 58.1 Å². The first-order chi connectivity index (χ1) is 12.9. The highest BCUT2D eigenvalue weighted by atomic mass is 19.1. The molecule has 0 bridgehead atoms. The molecule has 0 heterocycles. The Kier molecular flexibility index (Phi) is 11.8. The Balaban J connectivity index is 2.43. The number of aliphatic hydroxyl groups excluding tert-OH is 2. The van der Waals surface area contributed by atoms with E-state index >= 15 is 0 Å². The number of methoxy groups -OCH3 is 1. The summed E-state index contributed by atoms with van der Waals surface area (Å²) < 4.78 is 19.0. The average molecular weight is 387 g/mol. The van der Waals surface area contributed by atoms with Crippen LogP contribution in [-0.2, 0) is 9.53 Å². The maximum absolute atomic E-state index is 14.3. The van der Waals surface area contributed by atoms with Gasteiger partial charge >= 0.3 is 5.97 Å². The summed E-state index contributed by atoms with van der Waals surface area (Å²) in [5.74, 6) is -0.415. The number of hydrogen-bond donors (Lipinski definition) is 2. The van der Waals surface area contributed by atoms with Crippen molar-refractivity contribution in [3.8, 4) is 0 Å². The van der Waals surface area contributed by atoms with Crippen LogP contribution in [0.25, 0.3) is 0 Å². The molecular weight excluding hydrogens is 347 g/mol. The Morgan fingerprint density at radius 2 is 1.96 bits per heavy atom. The SMILES string of the molecule is CCCCC(C)[C@@H](O)/C=C/[C@@H]1[C@@H](CCCCCCC(=O)OC)[C@H](F)C[C@H]1O. The second-order valence-corrected chi connectivity index (χ2v) is 8.08. The van der Waals surface area contributed by atoms with Gasteiger partial charge in [0.2, 0.25) is 0 Å². The van der Waals surface area contributed by atoms with Gasteiger partial charge in [-0.15, -0.1) is 0 Å². The molecule has 5 heteroatoms. The van der Waals surface area contributed by atoms with E-state index in [2.05, 4.69) is 11.7 Å². The molecule has 0 saturated heterocycles. The maximum Gasteiger partial charge on any atom is 0.305 e. The second kappa shape index (κ2) is 13.3. The first kappa shape index (κ1) is 24.1. The van der Waals surface area contributed by atoms with Gasteiger partial charge in [0.25, 0.3) is 0 Å². The minimum absolute atomic E-state index is 0.175. The fourth-order valence-corrected chi connectivity index (χ4v) is 3.97. The third-order valence-electron chi connectivity index (χ3n) is 5.89. The van der Waals surface area contributed by atoms with Gasteiger partial charge in [-0.3, -0.25) is 4.79 Å². The second-order valence-electron chi connectivity index (χ2n) is 8.08. The molecular formula is C22H39FO4. The predicted molar refractivity (Wildman–Crippen MR) is 106 cm³/mol. The van der Waals surface area contributed by atoms with E-state index in [-0.39, 0.29) is 30.1 Å². The zero-order valence-corrected chi connectivity index (χ0v) is 17.3. The average Bonchev–Trinajstić information content (AvgIpc) is 2.92. The van der Waals surface area contributed by atoms with Gasteiger partial charge in [-0.25, -0.2) is 4.39 Å². The van der Waals surface area contributed by atoms with Crippen LogP contribution in [0.2, 0.25) is 0 Å². The lowest BCUT2D eigenvalue weighted by atomic mass is 9.87. The van der Waals surface area contributed by atoms with Gasteiger partial charge in [0.15, 0.2) is 0 Å². The van der Waals surface area contributed by atoms with Gasteiger partial charge in [0.05, 0.1) is 19.3 Å². The summed E-state index contributed by atoms with van der Waals surface area (Å²) in [4.78, 5) is 11.1. The Labute approximate surface area is 164 Å². The summed E-state index contributed by atoms with van der Waals surface area (Å²) in [7, 11) is 1.39. The minimum Gasteiger partial charge on any atom is -0.469 e. The van der Waals surface area contributed by atoms with E-state index in [1.165, 1.54) is 7.11 Å². The fourth-order valence-electron chi connectivity index (χ4n) is 3.97. The molecule has 0 radical (unpaired) electrons. The van der Waals surface area contributed by atoms with E-state index in [1.54, 1.807) is 6.08 Å². The monoisotopic (exact) mass is 386 g/mol. The van der Waals surface area contributed by atoms with E-state index in [1.807, 2.05) is 13.0 Å². The molecule has 6 atom stereocenters. The van der Waals surface area contributed by atoms with Crippen molar-refractivity contribution in [2.45, 2.75) is 96.4 Å². The van der Waals surface area contributed by atoms with Crippen molar-refractivity contribution in [2.75, 3.05) is 7.11 Å². The fraction of sp³-hybridized carbons (Fsp3) is 0.864. The molecule has 4 nitrogen and oxygen atoms in total. The van der Waals surface area contributed by atoms with Crippen LogP contribution in [-0.4, -0.2) is 41.7 Å². The van der Waals surface area contributed by atoms with E-state index in [0.29, 0.717) is 6.42 Å². The lowest BCUT2D eigenvalue weighted by Gasteiger charge is -2.21. The van der Waals surface area contributed by atoms with Crippen LogP contribution in [0.5, 0.6) is 0 Å². The van der Waals surface area contributed by atoms with E-state index in [9.17, 15) is 19.4 Å². The number of ether oxygens (including phenoxy) is 1. The summed E-state index contributed by atoms with van der Waals surface area (Å²) >= 11 is 0.